The SMILES string of the molecule is O=C(NC1C2CNCC21)C1CCC2CCCCC2C1. The quantitative estimate of drug-likeness (QED) is 0.798. The Labute approximate surface area is 115 Å². The van der Waals surface area contributed by atoms with Gasteiger partial charge >= 0.3 is 0 Å². The predicted molar refractivity (Wildman–Crippen MR) is 74.6 cm³/mol. The van der Waals surface area contributed by atoms with E-state index in [2.05, 4.69) is 10.6 Å². The summed E-state index contributed by atoms with van der Waals surface area (Å²) in [6.45, 7) is 2.23. The molecule has 3 aliphatic carbocycles. The van der Waals surface area contributed by atoms with Crippen molar-refractivity contribution < 1.29 is 4.79 Å². The topological polar surface area (TPSA) is 41.1 Å². The molecule has 0 aromatic carbocycles. The van der Waals surface area contributed by atoms with Gasteiger partial charge in [0.2, 0.25) is 5.91 Å². The summed E-state index contributed by atoms with van der Waals surface area (Å²) in [4.78, 5) is 12.4. The minimum atomic E-state index is 0.327. The normalized spacial score (nSPS) is 48.2. The van der Waals surface area contributed by atoms with Crippen LogP contribution in [0.2, 0.25) is 0 Å². The predicted octanol–water partition coefficient (Wildman–Crippen LogP) is 1.93. The molecule has 4 fully saturated rings. The van der Waals surface area contributed by atoms with Crippen molar-refractivity contribution >= 4 is 5.91 Å². The van der Waals surface area contributed by atoms with Crippen LogP contribution in [-0.2, 0) is 4.79 Å². The van der Waals surface area contributed by atoms with E-state index >= 15 is 0 Å². The van der Waals surface area contributed by atoms with Crippen molar-refractivity contribution in [2.75, 3.05) is 13.1 Å². The standard InChI is InChI=1S/C16H26N2O/c19-16(18-15-13-8-17-9-14(13)15)12-6-5-10-3-1-2-4-11(10)7-12/h10-15,17H,1-9H2,(H,18,19). The maximum Gasteiger partial charge on any atom is 0.223 e. The molecule has 19 heavy (non-hydrogen) atoms. The molecule has 3 saturated carbocycles. The second kappa shape index (κ2) is 4.76. The van der Waals surface area contributed by atoms with Crippen LogP contribution in [0.4, 0.5) is 0 Å². The van der Waals surface area contributed by atoms with Gasteiger partial charge in [-0.15, -0.1) is 0 Å². The summed E-state index contributed by atoms with van der Waals surface area (Å²) >= 11 is 0. The fourth-order valence-electron chi connectivity index (χ4n) is 5.03. The smallest absolute Gasteiger partial charge is 0.223 e. The minimum Gasteiger partial charge on any atom is -0.352 e. The summed E-state index contributed by atoms with van der Waals surface area (Å²) in [5, 5.41) is 6.73. The summed E-state index contributed by atoms with van der Waals surface area (Å²) in [6, 6.07) is 0.512. The molecule has 1 heterocycles. The molecule has 0 spiro atoms. The molecular formula is C16H26N2O. The Bertz CT molecular complexity index is 360. The van der Waals surface area contributed by atoms with Crippen LogP contribution in [0.1, 0.15) is 44.9 Å². The lowest BCUT2D eigenvalue weighted by Gasteiger charge is -2.38. The highest BCUT2D eigenvalue weighted by atomic mass is 16.2. The van der Waals surface area contributed by atoms with E-state index in [9.17, 15) is 4.79 Å². The van der Waals surface area contributed by atoms with Crippen molar-refractivity contribution in [2.45, 2.75) is 51.0 Å². The number of carbonyl (C=O) groups is 1. The number of amides is 1. The lowest BCUT2D eigenvalue weighted by molar-refractivity contribution is -0.127. The van der Waals surface area contributed by atoms with Crippen molar-refractivity contribution in [3.63, 3.8) is 0 Å². The Balaban J connectivity index is 1.31. The Morgan fingerprint density at radius 3 is 2.47 bits per heavy atom. The lowest BCUT2D eigenvalue weighted by atomic mass is 9.67. The highest BCUT2D eigenvalue weighted by molar-refractivity contribution is 5.79. The van der Waals surface area contributed by atoms with Crippen LogP contribution < -0.4 is 10.6 Å². The molecule has 1 aliphatic heterocycles. The Morgan fingerprint density at radius 2 is 1.68 bits per heavy atom. The molecule has 106 valence electrons. The molecule has 4 aliphatic rings. The molecule has 5 unspecified atom stereocenters. The molecule has 1 saturated heterocycles. The first-order valence-corrected chi connectivity index (χ1v) is 8.34. The number of piperidine rings is 1. The molecular weight excluding hydrogens is 236 g/mol. The molecule has 2 N–H and O–H groups in total. The average molecular weight is 262 g/mol. The molecule has 5 atom stereocenters. The van der Waals surface area contributed by atoms with Gasteiger partial charge in [0.15, 0.2) is 0 Å². The third-order valence-electron chi connectivity index (χ3n) is 6.31. The second-order valence-corrected chi connectivity index (χ2v) is 7.33. The van der Waals surface area contributed by atoms with Gasteiger partial charge in [-0.05, 0) is 42.9 Å². The van der Waals surface area contributed by atoms with Crippen molar-refractivity contribution in [1.29, 1.82) is 0 Å². The number of rotatable bonds is 2. The zero-order chi connectivity index (χ0) is 12.8. The van der Waals surface area contributed by atoms with Gasteiger partial charge in [0, 0.05) is 25.0 Å². The first-order valence-electron chi connectivity index (χ1n) is 8.34. The Kier molecular flexibility index (Phi) is 3.06. The summed E-state index contributed by atoms with van der Waals surface area (Å²) in [7, 11) is 0. The van der Waals surface area contributed by atoms with E-state index in [0.29, 0.717) is 17.9 Å². The summed E-state index contributed by atoms with van der Waals surface area (Å²) in [6.07, 6.45) is 9.26. The highest BCUT2D eigenvalue weighted by Crippen LogP contribution is 2.44. The van der Waals surface area contributed by atoms with Gasteiger partial charge in [-0.2, -0.15) is 0 Å². The molecule has 3 nitrogen and oxygen atoms in total. The number of hydrogen-bond donors (Lipinski definition) is 2. The zero-order valence-electron chi connectivity index (χ0n) is 11.7. The maximum absolute atomic E-state index is 12.4. The van der Waals surface area contributed by atoms with E-state index in [1.54, 1.807) is 0 Å². The van der Waals surface area contributed by atoms with Crippen molar-refractivity contribution in [3.05, 3.63) is 0 Å². The van der Waals surface area contributed by atoms with E-state index in [1.807, 2.05) is 0 Å². The molecule has 0 aromatic heterocycles. The maximum atomic E-state index is 12.4. The van der Waals surface area contributed by atoms with Crippen LogP contribution in [0, 0.1) is 29.6 Å². The van der Waals surface area contributed by atoms with Gasteiger partial charge in [-0.1, -0.05) is 25.7 Å². The molecule has 0 radical (unpaired) electrons. The minimum absolute atomic E-state index is 0.327. The average Bonchev–Trinajstić information content (AvgIpc) is 2.88. The third-order valence-corrected chi connectivity index (χ3v) is 6.31. The highest BCUT2D eigenvalue weighted by Gasteiger charge is 2.54. The van der Waals surface area contributed by atoms with Crippen LogP contribution in [-0.4, -0.2) is 25.0 Å². The Morgan fingerprint density at radius 1 is 0.947 bits per heavy atom. The van der Waals surface area contributed by atoms with E-state index in [-0.39, 0.29) is 0 Å². The molecule has 0 bridgehead atoms. The van der Waals surface area contributed by atoms with Gasteiger partial charge in [-0.25, -0.2) is 0 Å². The van der Waals surface area contributed by atoms with Crippen LogP contribution in [0.25, 0.3) is 0 Å². The first-order chi connectivity index (χ1) is 9.33. The van der Waals surface area contributed by atoms with E-state index < -0.39 is 0 Å². The van der Waals surface area contributed by atoms with E-state index in [0.717, 1.165) is 43.2 Å². The molecule has 3 heteroatoms. The summed E-state index contributed by atoms with van der Waals surface area (Å²) < 4.78 is 0. The molecule has 4 rings (SSSR count). The number of carbonyl (C=O) groups excluding carboxylic acids is 1. The number of hydrogen-bond acceptors (Lipinski definition) is 2. The number of fused-ring (bicyclic) bond motifs is 2. The largest absolute Gasteiger partial charge is 0.352 e. The van der Waals surface area contributed by atoms with Crippen LogP contribution in [0.15, 0.2) is 0 Å². The van der Waals surface area contributed by atoms with Gasteiger partial charge in [-0.3, -0.25) is 4.79 Å². The fraction of sp³-hybridized carbons (Fsp3) is 0.938. The van der Waals surface area contributed by atoms with Gasteiger partial charge < -0.3 is 10.6 Å². The van der Waals surface area contributed by atoms with Crippen molar-refractivity contribution in [1.82, 2.24) is 10.6 Å². The molecule has 0 aromatic rings. The fourth-order valence-corrected chi connectivity index (χ4v) is 5.03. The molecule has 1 amide bonds. The Hall–Kier alpha value is -0.570. The van der Waals surface area contributed by atoms with E-state index in [4.69, 9.17) is 0 Å². The van der Waals surface area contributed by atoms with Crippen LogP contribution >= 0.6 is 0 Å². The second-order valence-electron chi connectivity index (χ2n) is 7.33. The van der Waals surface area contributed by atoms with E-state index in [1.165, 1.54) is 38.5 Å². The third kappa shape index (κ3) is 2.20. The number of nitrogens with one attached hydrogen (secondary N) is 2. The monoisotopic (exact) mass is 262 g/mol. The van der Waals surface area contributed by atoms with Gasteiger partial charge in [0.1, 0.15) is 0 Å². The van der Waals surface area contributed by atoms with Crippen molar-refractivity contribution in [3.8, 4) is 0 Å². The van der Waals surface area contributed by atoms with Gasteiger partial charge in [0.05, 0.1) is 0 Å². The van der Waals surface area contributed by atoms with Crippen LogP contribution in [0.5, 0.6) is 0 Å². The zero-order valence-corrected chi connectivity index (χ0v) is 11.7. The van der Waals surface area contributed by atoms with Crippen LogP contribution in [0.3, 0.4) is 0 Å². The summed E-state index contributed by atoms with van der Waals surface area (Å²) in [5.41, 5.74) is 0. The summed E-state index contributed by atoms with van der Waals surface area (Å²) in [5.74, 6) is 4.00. The van der Waals surface area contributed by atoms with Gasteiger partial charge in [0.25, 0.3) is 0 Å². The van der Waals surface area contributed by atoms with Crippen molar-refractivity contribution in [2.24, 2.45) is 29.6 Å². The lowest BCUT2D eigenvalue weighted by Crippen LogP contribution is -2.40. The first kappa shape index (κ1) is 12.2.